The number of halogens is 3. The second kappa shape index (κ2) is 14.3. The van der Waals surface area contributed by atoms with E-state index in [1.165, 1.54) is 17.0 Å². The summed E-state index contributed by atoms with van der Waals surface area (Å²) in [4.78, 5) is 42.3. The van der Waals surface area contributed by atoms with E-state index in [4.69, 9.17) is 4.74 Å². The van der Waals surface area contributed by atoms with Gasteiger partial charge in [-0.1, -0.05) is 26.2 Å². The minimum atomic E-state index is -4.48. The fourth-order valence-electron chi connectivity index (χ4n) is 5.65. The van der Waals surface area contributed by atoms with Gasteiger partial charge in [-0.3, -0.25) is 9.59 Å². The van der Waals surface area contributed by atoms with Gasteiger partial charge in [0.2, 0.25) is 11.8 Å². The Labute approximate surface area is 255 Å². The number of ether oxygens (including phenoxy) is 1. The maximum Gasteiger partial charge on any atom is 0.416 e. The zero-order valence-electron chi connectivity index (χ0n) is 25.3. The van der Waals surface area contributed by atoms with Crippen LogP contribution in [0.3, 0.4) is 0 Å². The van der Waals surface area contributed by atoms with Crippen molar-refractivity contribution >= 4 is 29.2 Å². The summed E-state index contributed by atoms with van der Waals surface area (Å²) in [5.41, 5.74) is 0.528. The lowest BCUT2D eigenvalue weighted by molar-refractivity contribution is -0.137. The lowest BCUT2D eigenvalue weighted by atomic mass is 9.88. The number of carbonyl (C=O) groups is 3. The van der Waals surface area contributed by atoms with E-state index >= 15 is 0 Å². The Bertz CT molecular complexity index is 1310. The van der Waals surface area contributed by atoms with Gasteiger partial charge in [0.05, 0.1) is 31.2 Å². The fourth-order valence-corrected chi connectivity index (χ4v) is 5.65. The van der Waals surface area contributed by atoms with Gasteiger partial charge in [-0.05, 0) is 62.2 Å². The van der Waals surface area contributed by atoms with Crippen LogP contribution in [-0.2, 0) is 22.2 Å². The molecule has 2 aliphatic rings. The smallest absolute Gasteiger partial charge is 0.416 e. The topological polar surface area (TPSA) is 111 Å². The summed E-state index contributed by atoms with van der Waals surface area (Å²) in [5, 5.41) is 15.5. The summed E-state index contributed by atoms with van der Waals surface area (Å²) in [5.74, 6) is -0.107. The number of urea groups is 1. The van der Waals surface area contributed by atoms with Gasteiger partial charge in [-0.2, -0.15) is 13.2 Å². The summed E-state index contributed by atoms with van der Waals surface area (Å²) in [7, 11) is 1.55. The average Bonchev–Trinajstić information content (AvgIpc) is 3.04. The number of hydrogen-bond acceptors (Lipinski definition) is 5. The molecule has 2 aromatic rings. The van der Waals surface area contributed by atoms with Crippen molar-refractivity contribution in [2.75, 3.05) is 37.4 Å². The number of likely N-dealkylation sites (N-methyl/N-ethyl adjacent to an activating group) is 1. The van der Waals surface area contributed by atoms with E-state index in [-0.39, 0.29) is 55.5 Å². The molecule has 9 nitrogen and oxygen atoms in total. The van der Waals surface area contributed by atoms with Gasteiger partial charge in [0.15, 0.2) is 0 Å². The molecular weight excluding hydrogens is 577 g/mol. The number of anilines is 2. The molecule has 3 N–H and O–H groups in total. The van der Waals surface area contributed by atoms with Crippen LogP contribution in [0.15, 0.2) is 42.5 Å². The SMILES string of the molecule is C[C@@H]1CN([C@H](C)CO)C(=O)Cc2cc(NC(=O)C3CCCCC3)ccc2O[C@H]1CN(C)C(=O)Nc1ccc(C(F)(F)F)cc1. The minimum absolute atomic E-state index is 0.00347. The van der Waals surface area contributed by atoms with Crippen LogP contribution in [0.1, 0.15) is 57.1 Å². The number of rotatable bonds is 7. The largest absolute Gasteiger partial charge is 0.488 e. The van der Waals surface area contributed by atoms with Gasteiger partial charge in [0, 0.05) is 42.4 Å². The Balaban J connectivity index is 1.53. The molecule has 4 amide bonds. The van der Waals surface area contributed by atoms with Gasteiger partial charge < -0.3 is 30.3 Å². The third kappa shape index (κ3) is 8.43. The van der Waals surface area contributed by atoms with Crippen molar-refractivity contribution in [3.8, 4) is 5.75 Å². The van der Waals surface area contributed by atoms with E-state index in [0.29, 0.717) is 17.0 Å². The number of nitrogens with zero attached hydrogens (tertiary/aromatic N) is 2. The van der Waals surface area contributed by atoms with Crippen molar-refractivity contribution in [2.24, 2.45) is 11.8 Å². The van der Waals surface area contributed by atoms with Crippen molar-refractivity contribution in [3.63, 3.8) is 0 Å². The Hall–Kier alpha value is -3.80. The van der Waals surface area contributed by atoms with Crippen LogP contribution in [0.5, 0.6) is 5.75 Å². The monoisotopic (exact) mass is 618 g/mol. The summed E-state index contributed by atoms with van der Waals surface area (Å²) in [6.07, 6.45) is -0.173. The van der Waals surface area contributed by atoms with Crippen LogP contribution >= 0.6 is 0 Å². The zero-order chi connectivity index (χ0) is 32.0. The number of aliphatic hydroxyl groups is 1. The summed E-state index contributed by atoms with van der Waals surface area (Å²) in [6, 6.07) is 8.36. The second-order valence-corrected chi connectivity index (χ2v) is 11.9. The highest BCUT2D eigenvalue weighted by atomic mass is 19.4. The summed E-state index contributed by atoms with van der Waals surface area (Å²) >= 11 is 0. The molecule has 1 saturated carbocycles. The quantitative estimate of drug-likeness (QED) is 0.378. The zero-order valence-corrected chi connectivity index (χ0v) is 25.3. The van der Waals surface area contributed by atoms with E-state index in [9.17, 15) is 32.7 Å². The molecule has 3 atom stereocenters. The highest BCUT2D eigenvalue weighted by Crippen LogP contribution is 2.32. The van der Waals surface area contributed by atoms with Crippen molar-refractivity contribution in [1.82, 2.24) is 9.80 Å². The first-order valence-electron chi connectivity index (χ1n) is 15.1. The molecular formula is C32H41F3N4O5. The van der Waals surface area contributed by atoms with Gasteiger partial charge in [-0.25, -0.2) is 4.79 Å². The number of alkyl halides is 3. The molecule has 44 heavy (non-hydrogen) atoms. The Kier molecular flexibility index (Phi) is 10.8. The molecule has 1 aliphatic heterocycles. The Morgan fingerprint density at radius 3 is 2.36 bits per heavy atom. The van der Waals surface area contributed by atoms with Crippen molar-refractivity contribution in [2.45, 2.75) is 70.7 Å². The molecule has 12 heteroatoms. The number of aliphatic hydroxyl groups excluding tert-OH is 1. The Morgan fingerprint density at radius 2 is 1.73 bits per heavy atom. The van der Waals surface area contributed by atoms with Crippen LogP contribution < -0.4 is 15.4 Å². The fraction of sp³-hybridized carbons (Fsp3) is 0.531. The van der Waals surface area contributed by atoms with E-state index in [2.05, 4.69) is 10.6 Å². The lowest BCUT2D eigenvalue weighted by Gasteiger charge is -2.34. The molecule has 0 spiro atoms. The summed E-state index contributed by atoms with van der Waals surface area (Å²) < 4.78 is 45.2. The lowest BCUT2D eigenvalue weighted by Crippen LogP contribution is -2.48. The van der Waals surface area contributed by atoms with E-state index in [1.54, 1.807) is 37.1 Å². The molecule has 240 valence electrons. The molecule has 1 heterocycles. The van der Waals surface area contributed by atoms with Gasteiger partial charge in [0.25, 0.3) is 0 Å². The van der Waals surface area contributed by atoms with Gasteiger partial charge >= 0.3 is 12.2 Å². The first-order valence-corrected chi connectivity index (χ1v) is 15.1. The van der Waals surface area contributed by atoms with Crippen LogP contribution in [0, 0.1) is 11.8 Å². The first kappa shape index (κ1) is 33.1. The molecule has 1 fully saturated rings. The third-order valence-corrected chi connectivity index (χ3v) is 8.42. The average molecular weight is 619 g/mol. The molecule has 0 aromatic heterocycles. The normalized spacial score (nSPS) is 20.3. The number of carbonyl (C=O) groups excluding carboxylic acids is 3. The van der Waals surface area contributed by atoms with Crippen LogP contribution in [0.2, 0.25) is 0 Å². The van der Waals surface area contributed by atoms with Gasteiger partial charge in [0.1, 0.15) is 11.9 Å². The van der Waals surface area contributed by atoms with Crippen molar-refractivity contribution in [1.29, 1.82) is 0 Å². The number of fused-ring (bicyclic) bond motifs is 1. The number of nitrogens with one attached hydrogen (secondary N) is 2. The number of benzene rings is 2. The summed E-state index contributed by atoms with van der Waals surface area (Å²) in [6.45, 7) is 3.77. The molecule has 0 saturated heterocycles. The molecule has 2 aromatic carbocycles. The number of hydrogen-bond donors (Lipinski definition) is 3. The van der Waals surface area contributed by atoms with Gasteiger partial charge in [-0.15, -0.1) is 0 Å². The molecule has 0 unspecified atom stereocenters. The van der Waals surface area contributed by atoms with Crippen molar-refractivity contribution in [3.05, 3.63) is 53.6 Å². The molecule has 0 radical (unpaired) electrons. The first-order chi connectivity index (χ1) is 20.8. The minimum Gasteiger partial charge on any atom is -0.488 e. The van der Waals surface area contributed by atoms with E-state index in [0.717, 1.165) is 44.2 Å². The maximum absolute atomic E-state index is 13.5. The van der Waals surface area contributed by atoms with Crippen molar-refractivity contribution < 1.29 is 37.4 Å². The third-order valence-electron chi connectivity index (χ3n) is 8.42. The predicted octanol–water partition coefficient (Wildman–Crippen LogP) is 5.54. The number of amides is 4. The molecule has 0 bridgehead atoms. The Morgan fingerprint density at radius 1 is 1.07 bits per heavy atom. The molecule has 1 aliphatic carbocycles. The van der Waals surface area contributed by atoms with E-state index < -0.39 is 29.9 Å². The van der Waals surface area contributed by atoms with Crippen LogP contribution in [-0.4, -0.2) is 71.6 Å². The predicted molar refractivity (Wildman–Crippen MR) is 160 cm³/mol. The van der Waals surface area contributed by atoms with Crippen LogP contribution in [0.4, 0.5) is 29.3 Å². The maximum atomic E-state index is 13.5. The second-order valence-electron chi connectivity index (χ2n) is 11.9. The standard InChI is InChI=1S/C32H41F3N4O5/c1-20-17-39(21(2)19-40)29(41)16-23-15-26(36-30(42)22-7-5-4-6-8-22)13-14-27(23)44-28(20)18-38(3)31(43)37-25-11-9-24(10-12-25)32(33,34)35/h9-15,20-22,28,40H,4-8,16-19H2,1-3H3,(H,36,42)(H,37,43)/t20-,21-,28+/m1/s1. The highest BCUT2D eigenvalue weighted by molar-refractivity contribution is 5.93. The molecule has 4 rings (SSSR count). The van der Waals surface area contributed by atoms with Crippen LogP contribution in [0.25, 0.3) is 0 Å². The van der Waals surface area contributed by atoms with E-state index in [1.807, 2.05) is 6.92 Å². The highest BCUT2D eigenvalue weighted by Gasteiger charge is 2.33.